The zero-order valence-electron chi connectivity index (χ0n) is 20.4. The van der Waals surface area contributed by atoms with Gasteiger partial charge in [0.2, 0.25) is 0 Å². The average molecular weight is 581 g/mol. The number of nitrogens with zero attached hydrogens (tertiary/aromatic N) is 4. The van der Waals surface area contributed by atoms with Crippen molar-refractivity contribution in [1.82, 2.24) is 0 Å². The number of fused-ring (bicyclic) bond motifs is 1. The van der Waals surface area contributed by atoms with E-state index in [4.69, 9.17) is 20.5 Å². The lowest BCUT2D eigenvalue weighted by Gasteiger charge is -2.47. The van der Waals surface area contributed by atoms with Crippen molar-refractivity contribution in [2.24, 2.45) is 28.4 Å². The molecule has 0 bridgehead atoms. The van der Waals surface area contributed by atoms with Gasteiger partial charge in [-0.2, -0.15) is 21.0 Å². The molecule has 0 saturated carbocycles. The Morgan fingerprint density at radius 2 is 1.83 bits per heavy atom. The first-order valence-corrected chi connectivity index (χ1v) is 12.6. The fourth-order valence-electron chi connectivity index (χ4n) is 5.25. The van der Waals surface area contributed by atoms with E-state index in [1.807, 2.05) is 19.1 Å². The number of ether oxygens (including phenoxy) is 2. The van der Waals surface area contributed by atoms with Crippen molar-refractivity contribution < 1.29 is 9.47 Å². The number of hydrogen-bond acceptors (Lipinski definition) is 7. The molecule has 0 radical (unpaired) electrons. The molecular formula is C27H28IN5O2. The summed E-state index contributed by atoms with van der Waals surface area (Å²) in [5.41, 5.74) is 6.53. The zero-order valence-corrected chi connectivity index (χ0v) is 22.5. The van der Waals surface area contributed by atoms with Gasteiger partial charge >= 0.3 is 0 Å². The Hall–Kier alpha value is -3.21. The van der Waals surface area contributed by atoms with Gasteiger partial charge in [-0.1, -0.05) is 26.8 Å². The van der Waals surface area contributed by atoms with Crippen molar-refractivity contribution in [3.05, 3.63) is 44.2 Å². The predicted octanol–water partition coefficient (Wildman–Crippen LogP) is 5.46. The van der Waals surface area contributed by atoms with Crippen LogP contribution >= 0.6 is 22.6 Å². The van der Waals surface area contributed by atoms with Gasteiger partial charge in [0.25, 0.3) is 0 Å². The summed E-state index contributed by atoms with van der Waals surface area (Å²) in [6.07, 6.45) is 3.59. The highest BCUT2D eigenvalue weighted by molar-refractivity contribution is 14.1. The smallest absolute Gasteiger partial charge is 0.191 e. The maximum Gasteiger partial charge on any atom is 0.191 e. The maximum absolute atomic E-state index is 10.4. The SMILES string of the molecule is CCOc1cc([C@@H]2[C@@H]3C[C@@H](C(C)(C)C)CC=C3C(C#N)=C(N)C2(C#N)C#N)cc(I)c1OCC#N. The first-order valence-electron chi connectivity index (χ1n) is 11.5. The third-order valence-electron chi connectivity index (χ3n) is 7.07. The van der Waals surface area contributed by atoms with E-state index in [2.05, 4.69) is 67.6 Å². The van der Waals surface area contributed by atoms with Crippen LogP contribution in [-0.4, -0.2) is 13.2 Å². The molecule has 0 aromatic heterocycles. The summed E-state index contributed by atoms with van der Waals surface area (Å²) in [4.78, 5) is 0. The van der Waals surface area contributed by atoms with E-state index in [1.165, 1.54) is 0 Å². The van der Waals surface area contributed by atoms with Crippen LogP contribution in [0.3, 0.4) is 0 Å². The van der Waals surface area contributed by atoms with Gasteiger partial charge in [-0.3, -0.25) is 0 Å². The molecule has 2 aliphatic rings. The van der Waals surface area contributed by atoms with Crippen LogP contribution < -0.4 is 15.2 Å². The Morgan fingerprint density at radius 3 is 2.37 bits per heavy atom. The molecule has 8 heteroatoms. The first-order chi connectivity index (χ1) is 16.6. The zero-order chi connectivity index (χ0) is 26.0. The molecular weight excluding hydrogens is 553 g/mol. The summed E-state index contributed by atoms with van der Waals surface area (Å²) in [5, 5.41) is 39.7. The Kier molecular flexibility index (Phi) is 7.68. The van der Waals surface area contributed by atoms with Crippen molar-refractivity contribution >= 4 is 22.6 Å². The quantitative estimate of drug-likeness (QED) is 0.456. The second kappa shape index (κ2) is 10.2. The van der Waals surface area contributed by atoms with Gasteiger partial charge in [0, 0.05) is 5.92 Å². The fourth-order valence-corrected chi connectivity index (χ4v) is 6.03. The Labute approximate surface area is 220 Å². The molecule has 180 valence electrons. The lowest BCUT2D eigenvalue weighted by Crippen LogP contribution is -2.44. The van der Waals surface area contributed by atoms with Crippen molar-refractivity contribution in [3.8, 4) is 35.8 Å². The van der Waals surface area contributed by atoms with Gasteiger partial charge in [-0.25, -0.2) is 0 Å². The largest absolute Gasteiger partial charge is 0.490 e. The molecule has 2 aliphatic carbocycles. The van der Waals surface area contributed by atoms with Crippen LogP contribution in [0, 0.1) is 71.6 Å². The van der Waals surface area contributed by atoms with Crippen molar-refractivity contribution in [2.75, 3.05) is 13.2 Å². The van der Waals surface area contributed by atoms with Crippen molar-refractivity contribution in [1.29, 1.82) is 21.0 Å². The number of allylic oxidation sites excluding steroid dienone is 4. The predicted molar refractivity (Wildman–Crippen MR) is 138 cm³/mol. The van der Waals surface area contributed by atoms with Crippen LogP contribution in [0.1, 0.15) is 52.0 Å². The van der Waals surface area contributed by atoms with Crippen LogP contribution in [0.5, 0.6) is 11.5 Å². The van der Waals surface area contributed by atoms with E-state index in [1.54, 1.807) is 6.07 Å². The topological polar surface area (TPSA) is 140 Å². The molecule has 0 aliphatic heterocycles. The molecule has 0 saturated heterocycles. The number of hydrogen-bond donors (Lipinski definition) is 1. The molecule has 2 N–H and O–H groups in total. The lowest BCUT2D eigenvalue weighted by atomic mass is 9.54. The molecule has 0 amide bonds. The van der Waals surface area contributed by atoms with E-state index in [0.717, 1.165) is 24.0 Å². The Balaban J connectivity index is 2.32. The molecule has 1 aromatic carbocycles. The molecule has 0 fully saturated rings. The van der Waals surface area contributed by atoms with Crippen molar-refractivity contribution in [3.63, 3.8) is 0 Å². The molecule has 0 spiro atoms. The highest BCUT2D eigenvalue weighted by atomic mass is 127. The van der Waals surface area contributed by atoms with E-state index in [-0.39, 0.29) is 29.2 Å². The summed E-state index contributed by atoms with van der Waals surface area (Å²) in [6, 6.07) is 12.2. The monoisotopic (exact) mass is 581 g/mol. The molecule has 0 unspecified atom stereocenters. The number of benzene rings is 1. The van der Waals surface area contributed by atoms with Crippen LogP contribution in [0.4, 0.5) is 0 Å². The Morgan fingerprint density at radius 1 is 1.14 bits per heavy atom. The number of halogens is 1. The van der Waals surface area contributed by atoms with Gasteiger partial charge < -0.3 is 15.2 Å². The van der Waals surface area contributed by atoms with Gasteiger partial charge in [0.15, 0.2) is 23.5 Å². The average Bonchev–Trinajstić information content (AvgIpc) is 2.82. The molecule has 3 rings (SSSR count). The number of nitriles is 4. The summed E-state index contributed by atoms with van der Waals surface area (Å²) >= 11 is 2.11. The number of rotatable bonds is 5. The van der Waals surface area contributed by atoms with E-state index in [9.17, 15) is 15.8 Å². The minimum atomic E-state index is -1.71. The highest BCUT2D eigenvalue weighted by Crippen LogP contribution is 2.58. The third kappa shape index (κ3) is 4.56. The van der Waals surface area contributed by atoms with E-state index in [0.29, 0.717) is 27.6 Å². The standard InChI is InChI=1S/C27H28IN5O2/c1-5-34-22-11-16(10-21(28)24(22)35-9-8-29)23-19-12-17(26(2,3)4)6-7-18(19)20(13-30)25(33)27(23,14-31)15-32/h7,10-11,17,19,23H,5-6,9,12,33H2,1-4H3/t17-,19+,23+/m0/s1. The van der Waals surface area contributed by atoms with Crippen LogP contribution in [0.25, 0.3) is 0 Å². The molecule has 3 atom stereocenters. The van der Waals surface area contributed by atoms with Crippen LogP contribution in [0.15, 0.2) is 35.1 Å². The molecule has 7 nitrogen and oxygen atoms in total. The highest BCUT2D eigenvalue weighted by Gasteiger charge is 2.55. The second-order valence-corrected chi connectivity index (χ2v) is 11.1. The normalized spacial score (nSPS) is 23.0. The van der Waals surface area contributed by atoms with Gasteiger partial charge in [-0.05, 0) is 82.9 Å². The fraction of sp³-hybridized carbons (Fsp3) is 0.481. The van der Waals surface area contributed by atoms with Crippen molar-refractivity contribution in [2.45, 2.75) is 46.5 Å². The first kappa shape index (κ1) is 26.4. The molecule has 35 heavy (non-hydrogen) atoms. The summed E-state index contributed by atoms with van der Waals surface area (Å²) in [7, 11) is 0. The maximum atomic E-state index is 10.4. The van der Waals surface area contributed by atoms with Gasteiger partial charge in [0.1, 0.15) is 12.1 Å². The van der Waals surface area contributed by atoms with Gasteiger partial charge in [0.05, 0.1) is 33.6 Å². The van der Waals surface area contributed by atoms with E-state index >= 15 is 0 Å². The Bertz CT molecular complexity index is 1230. The second-order valence-electron chi connectivity index (χ2n) is 9.92. The third-order valence-corrected chi connectivity index (χ3v) is 7.87. The summed E-state index contributed by atoms with van der Waals surface area (Å²) < 4.78 is 12.2. The molecule has 1 aromatic rings. The molecule has 0 heterocycles. The van der Waals surface area contributed by atoms with E-state index < -0.39 is 11.3 Å². The summed E-state index contributed by atoms with van der Waals surface area (Å²) in [5.74, 6) is 0.337. The summed E-state index contributed by atoms with van der Waals surface area (Å²) in [6.45, 7) is 8.63. The van der Waals surface area contributed by atoms with Crippen LogP contribution in [0.2, 0.25) is 0 Å². The lowest BCUT2D eigenvalue weighted by molar-refractivity contribution is 0.170. The minimum absolute atomic E-state index is 0.00415. The number of nitrogens with two attached hydrogens (primary N) is 1. The minimum Gasteiger partial charge on any atom is -0.490 e. The van der Waals surface area contributed by atoms with Gasteiger partial charge in [-0.15, -0.1) is 0 Å². The van der Waals surface area contributed by atoms with Crippen LogP contribution in [-0.2, 0) is 0 Å².